The molecule has 1 atom stereocenters. The highest BCUT2D eigenvalue weighted by Gasteiger charge is 2.35. The van der Waals surface area contributed by atoms with E-state index < -0.39 is 0 Å². The number of carbonyl (C=O) groups is 2. The van der Waals surface area contributed by atoms with E-state index in [2.05, 4.69) is 12.2 Å². The van der Waals surface area contributed by atoms with Crippen LogP contribution in [-0.2, 0) is 16.0 Å². The summed E-state index contributed by atoms with van der Waals surface area (Å²) in [4.78, 5) is 26.6. The summed E-state index contributed by atoms with van der Waals surface area (Å²) in [6.07, 6.45) is 1.19. The van der Waals surface area contributed by atoms with Gasteiger partial charge in [-0.25, -0.2) is 0 Å². The summed E-state index contributed by atoms with van der Waals surface area (Å²) in [7, 11) is 0. The summed E-state index contributed by atoms with van der Waals surface area (Å²) in [5.41, 5.74) is 3.70. The molecule has 0 radical (unpaired) electrons. The van der Waals surface area contributed by atoms with Crippen LogP contribution in [0.25, 0.3) is 0 Å². The highest BCUT2D eigenvalue weighted by molar-refractivity contribution is 6.30. The van der Waals surface area contributed by atoms with Crippen LogP contribution in [0.4, 0.5) is 11.4 Å². The quantitative estimate of drug-likeness (QED) is 0.892. The standard InChI is InChI=1S/C20H21ClN2O2/c1-3-14-4-7-17(8-5-14)23-12-15(11-19(23)24)20(25)22-18-9-6-16(21)10-13(18)2/h4-10,15H,3,11-12H2,1-2H3,(H,22,25). The number of carbonyl (C=O) groups excluding carboxylic acids is 2. The molecule has 0 aliphatic carbocycles. The Morgan fingerprint density at radius 3 is 2.60 bits per heavy atom. The molecular weight excluding hydrogens is 336 g/mol. The number of aryl methyl sites for hydroxylation is 2. The van der Waals surface area contributed by atoms with Gasteiger partial charge in [0.05, 0.1) is 5.92 Å². The van der Waals surface area contributed by atoms with Gasteiger partial charge in [-0.2, -0.15) is 0 Å². The third-order valence-corrected chi connectivity index (χ3v) is 4.83. The van der Waals surface area contributed by atoms with Gasteiger partial charge < -0.3 is 10.2 Å². The molecule has 1 unspecified atom stereocenters. The van der Waals surface area contributed by atoms with Crippen molar-refractivity contribution in [3.63, 3.8) is 0 Å². The number of nitrogens with zero attached hydrogens (tertiary/aromatic N) is 1. The summed E-state index contributed by atoms with van der Waals surface area (Å²) in [5.74, 6) is -0.503. The topological polar surface area (TPSA) is 49.4 Å². The Balaban J connectivity index is 1.69. The Morgan fingerprint density at radius 1 is 1.24 bits per heavy atom. The summed E-state index contributed by atoms with van der Waals surface area (Å²) in [6.45, 7) is 4.39. The van der Waals surface area contributed by atoms with Gasteiger partial charge in [0.15, 0.2) is 0 Å². The molecule has 2 aromatic carbocycles. The normalized spacial score (nSPS) is 17.0. The van der Waals surface area contributed by atoms with Crippen LogP contribution in [0.5, 0.6) is 0 Å². The van der Waals surface area contributed by atoms with E-state index >= 15 is 0 Å². The minimum atomic E-state index is -0.353. The van der Waals surface area contributed by atoms with Crippen molar-refractivity contribution < 1.29 is 9.59 Å². The number of nitrogens with one attached hydrogen (secondary N) is 1. The maximum Gasteiger partial charge on any atom is 0.229 e. The van der Waals surface area contributed by atoms with Crippen LogP contribution >= 0.6 is 11.6 Å². The molecule has 1 aliphatic rings. The van der Waals surface area contributed by atoms with E-state index in [4.69, 9.17) is 11.6 Å². The van der Waals surface area contributed by atoms with Crippen molar-refractivity contribution in [2.24, 2.45) is 5.92 Å². The molecule has 0 bridgehead atoms. The lowest BCUT2D eigenvalue weighted by Gasteiger charge is -2.17. The zero-order chi connectivity index (χ0) is 18.0. The minimum absolute atomic E-state index is 0.0165. The molecule has 130 valence electrons. The zero-order valence-corrected chi connectivity index (χ0v) is 15.1. The molecular formula is C20H21ClN2O2. The van der Waals surface area contributed by atoms with Gasteiger partial charge >= 0.3 is 0 Å². The van der Waals surface area contributed by atoms with Crippen LogP contribution in [0.1, 0.15) is 24.5 Å². The lowest BCUT2D eigenvalue weighted by molar-refractivity contribution is -0.122. The van der Waals surface area contributed by atoms with Crippen molar-refractivity contribution in [3.8, 4) is 0 Å². The van der Waals surface area contributed by atoms with E-state index in [9.17, 15) is 9.59 Å². The average molecular weight is 357 g/mol. The van der Waals surface area contributed by atoms with Crippen LogP contribution in [0.15, 0.2) is 42.5 Å². The number of anilines is 2. The third-order valence-electron chi connectivity index (χ3n) is 4.60. The van der Waals surface area contributed by atoms with Crippen molar-refractivity contribution in [1.82, 2.24) is 0 Å². The first-order valence-corrected chi connectivity index (χ1v) is 8.82. The van der Waals surface area contributed by atoms with Gasteiger partial charge in [0.2, 0.25) is 11.8 Å². The van der Waals surface area contributed by atoms with Crippen LogP contribution in [0.2, 0.25) is 5.02 Å². The Labute approximate surface area is 152 Å². The predicted octanol–water partition coefficient (Wildman–Crippen LogP) is 4.20. The molecule has 3 rings (SSSR count). The molecule has 0 saturated carbocycles. The zero-order valence-electron chi connectivity index (χ0n) is 14.4. The van der Waals surface area contributed by atoms with Crippen molar-refractivity contribution in [2.75, 3.05) is 16.8 Å². The van der Waals surface area contributed by atoms with Gasteiger partial charge in [0.25, 0.3) is 0 Å². The maximum absolute atomic E-state index is 12.6. The summed E-state index contributed by atoms with van der Waals surface area (Å²) >= 11 is 5.94. The van der Waals surface area contributed by atoms with Gasteiger partial charge in [-0.15, -0.1) is 0 Å². The smallest absolute Gasteiger partial charge is 0.229 e. The first-order chi connectivity index (χ1) is 12.0. The fourth-order valence-electron chi connectivity index (χ4n) is 3.05. The molecule has 1 heterocycles. The lowest BCUT2D eigenvalue weighted by Crippen LogP contribution is -2.28. The van der Waals surface area contributed by atoms with Gasteiger partial charge in [0, 0.05) is 29.4 Å². The Morgan fingerprint density at radius 2 is 1.96 bits per heavy atom. The largest absolute Gasteiger partial charge is 0.326 e. The third kappa shape index (κ3) is 3.85. The van der Waals surface area contributed by atoms with Gasteiger partial charge in [-0.05, 0) is 54.8 Å². The summed E-state index contributed by atoms with van der Waals surface area (Å²) < 4.78 is 0. The fraction of sp³-hybridized carbons (Fsp3) is 0.300. The maximum atomic E-state index is 12.6. The van der Waals surface area contributed by atoms with E-state index in [0.29, 0.717) is 11.6 Å². The van der Waals surface area contributed by atoms with E-state index in [1.165, 1.54) is 5.56 Å². The molecule has 0 spiro atoms. The van der Waals surface area contributed by atoms with Gasteiger partial charge in [-0.3, -0.25) is 9.59 Å². The predicted molar refractivity (Wildman–Crippen MR) is 101 cm³/mol. The molecule has 1 N–H and O–H groups in total. The van der Waals surface area contributed by atoms with Crippen molar-refractivity contribution in [1.29, 1.82) is 0 Å². The molecule has 0 aromatic heterocycles. The Kier molecular flexibility index (Phi) is 5.09. The molecule has 4 nitrogen and oxygen atoms in total. The van der Waals surface area contributed by atoms with E-state index in [-0.39, 0.29) is 24.2 Å². The number of amides is 2. The molecule has 1 aliphatic heterocycles. The van der Waals surface area contributed by atoms with Crippen LogP contribution < -0.4 is 10.2 Å². The monoisotopic (exact) mass is 356 g/mol. The number of hydrogen-bond acceptors (Lipinski definition) is 2. The highest BCUT2D eigenvalue weighted by atomic mass is 35.5. The van der Waals surface area contributed by atoms with E-state index in [1.807, 2.05) is 31.2 Å². The van der Waals surface area contributed by atoms with Crippen molar-refractivity contribution >= 4 is 34.8 Å². The molecule has 25 heavy (non-hydrogen) atoms. The molecule has 2 amide bonds. The Bertz CT molecular complexity index is 802. The molecule has 2 aromatic rings. The SMILES string of the molecule is CCc1ccc(N2CC(C(=O)Nc3ccc(Cl)cc3C)CC2=O)cc1. The highest BCUT2D eigenvalue weighted by Crippen LogP contribution is 2.27. The number of hydrogen-bond donors (Lipinski definition) is 1. The number of benzene rings is 2. The van der Waals surface area contributed by atoms with Crippen LogP contribution in [0, 0.1) is 12.8 Å². The van der Waals surface area contributed by atoms with Crippen molar-refractivity contribution in [3.05, 3.63) is 58.6 Å². The first kappa shape index (κ1) is 17.5. The minimum Gasteiger partial charge on any atom is -0.326 e. The van der Waals surface area contributed by atoms with Crippen molar-refractivity contribution in [2.45, 2.75) is 26.7 Å². The number of halogens is 1. The molecule has 1 fully saturated rings. The van der Waals surface area contributed by atoms with Crippen LogP contribution in [0.3, 0.4) is 0 Å². The second-order valence-corrected chi connectivity index (χ2v) is 6.81. The van der Waals surface area contributed by atoms with Crippen LogP contribution in [-0.4, -0.2) is 18.4 Å². The second-order valence-electron chi connectivity index (χ2n) is 6.37. The molecule has 1 saturated heterocycles. The van der Waals surface area contributed by atoms with Gasteiger partial charge in [0.1, 0.15) is 0 Å². The summed E-state index contributed by atoms with van der Waals surface area (Å²) in [6, 6.07) is 13.3. The first-order valence-electron chi connectivity index (χ1n) is 8.44. The van der Waals surface area contributed by atoms with Gasteiger partial charge in [-0.1, -0.05) is 30.7 Å². The van der Waals surface area contributed by atoms with E-state index in [1.54, 1.807) is 23.1 Å². The summed E-state index contributed by atoms with van der Waals surface area (Å²) in [5, 5.41) is 3.55. The number of rotatable bonds is 4. The van der Waals surface area contributed by atoms with E-state index in [0.717, 1.165) is 23.4 Å². The lowest BCUT2D eigenvalue weighted by atomic mass is 10.1. The second kappa shape index (κ2) is 7.28. The molecule has 5 heteroatoms. The Hall–Kier alpha value is -2.33. The average Bonchev–Trinajstić information content (AvgIpc) is 2.99. The fourth-order valence-corrected chi connectivity index (χ4v) is 3.27.